The highest BCUT2D eigenvalue weighted by Crippen LogP contribution is 2.19. The van der Waals surface area contributed by atoms with Gasteiger partial charge in [-0.2, -0.15) is 5.26 Å². The van der Waals surface area contributed by atoms with E-state index in [1.54, 1.807) is 24.3 Å². The van der Waals surface area contributed by atoms with Crippen molar-refractivity contribution in [2.75, 3.05) is 11.9 Å². The molecule has 2 amide bonds. The molecular formula is C13H15N3O2. The summed E-state index contributed by atoms with van der Waals surface area (Å²) in [6.07, 6.45) is 3.29. The van der Waals surface area contributed by atoms with Crippen molar-refractivity contribution in [2.24, 2.45) is 0 Å². The topological polar surface area (TPSA) is 74.1 Å². The number of nitriles is 1. The summed E-state index contributed by atoms with van der Waals surface area (Å²) in [5.74, 6) is 0.568. The predicted molar refractivity (Wildman–Crippen MR) is 67.3 cm³/mol. The Morgan fingerprint density at radius 2 is 2.33 bits per heavy atom. The molecule has 1 aromatic carbocycles. The van der Waals surface area contributed by atoms with Gasteiger partial charge in [-0.3, -0.25) is 0 Å². The van der Waals surface area contributed by atoms with Gasteiger partial charge in [0, 0.05) is 17.8 Å². The van der Waals surface area contributed by atoms with Crippen LogP contribution in [0.15, 0.2) is 24.3 Å². The van der Waals surface area contributed by atoms with E-state index >= 15 is 0 Å². The van der Waals surface area contributed by atoms with Crippen LogP contribution in [-0.2, 0) is 0 Å². The Kier molecular flexibility index (Phi) is 4.02. The molecule has 1 saturated carbocycles. The highest BCUT2D eigenvalue weighted by molar-refractivity contribution is 5.89. The second kappa shape index (κ2) is 5.92. The van der Waals surface area contributed by atoms with Crippen LogP contribution in [0.2, 0.25) is 0 Å². The quantitative estimate of drug-likeness (QED) is 0.854. The largest absolute Gasteiger partial charge is 0.479 e. The normalized spacial score (nSPS) is 14.2. The SMILES string of the molecule is N#CCOc1cccc(NC(=O)NC2CCC2)c1. The third-order valence-corrected chi connectivity index (χ3v) is 2.84. The summed E-state index contributed by atoms with van der Waals surface area (Å²) < 4.78 is 5.16. The van der Waals surface area contributed by atoms with Crippen molar-refractivity contribution < 1.29 is 9.53 Å². The van der Waals surface area contributed by atoms with E-state index in [4.69, 9.17) is 10.00 Å². The zero-order chi connectivity index (χ0) is 12.8. The van der Waals surface area contributed by atoms with E-state index in [2.05, 4.69) is 10.6 Å². The second-order valence-corrected chi connectivity index (χ2v) is 4.20. The summed E-state index contributed by atoms with van der Waals surface area (Å²) in [6, 6.07) is 8.99. The number of nitrogens with one attached hydrogen (secondary N) is 2. The molecule has 94 valence electrons. The second-order valence-electron chi connectivity index (χ2n) is 4.20. The van der Waals surface area contributed by atoms with Crippen molar-refractivity contribution in [3.63, 3.8) is 0 Å². The predicted octanol–water partition coefficient (Wildman–Crippen LogP) is 2.26. The van der Waals surface area contributed by atoms with Crippen molar-refractivity contribution in [3.8, 4) is 11.8 Å². The number of hydrogen-bond acceptors (Lipinski definition) is 3. The van der Waals surface area contributed by atoms with Gasteiger partial charge >= 0.3 is 6.03 Å². The number of benzene rings is 1. The smallest absolute Gasteiger partial charge is 0.319 e. The first-order valence-electron chi connectivity index (χ1n) is 5.95. The number of nitrogens with zero attached hydrogens (tertiary/aromatic N) is 1. The molecule has 0 aliphatic heterocycles. The Labute approximate surface area is 106 Å². The van der Waals surface area contributed by atoms with Crippen LogP contribution >= 0.6 is 0 Å². The van der Waals surface area contributed by atoms with Crippen molar-refractivity contribution >= 4 is 11.7 Å². The maximum Gasteiger partial charge on any atom is 0.319 e. The zero-order valence-electron chi connectivity index (χ0n) is 9.98. The number of carbonyl (C=O) groups is 1. The number of amides is 2. The molecule has 0 heterocycles. The Balaban J connectivity index is 1.87. The molecule has 0 unspecified atom stereocenters. The maximum absolute atomic E-state index is 11.6. The fraction of sp³-hybridized carbons (Fsp3) is 0.385. The Morgan fingerprint density at radius 1 is 1.50 bits per heavy atom. The number of hydrogen-bond donors (Lipinski definition) is 2. The minimum Gasteiger partial charge on any atom is -0.479 e. The summed E-state index contributed by atoms with van der Waals surface area (Å²) in [6.45, 7) is -0.00226. The average molecular weight is 245 g/mol. The molecule has 0 spiro atoms. The molecule has 1 aliphatic carbocycles. The highest BCUT2D eigenvalue weighted by Gasteiger charge is 2.19. The van der Waals surface area contributed by atoms with E-state index in [-0.39, 0.29) is 12.6 Å². The Bertz CT molecular complexity index is 464. The van der Waals surface area contributed by atoms with E-state index in [9.17, 15) is 4.79 Å². The van der Waals surface area contributed by atoms with Crippen LogP contribution in [0.4, 0.5) is 10.5 Å². The first kappa shape index (κ1) is 12.2. The van der Waals surface area contributed by atoms with Crippen LogP contribution in [0.25, 0.3) is 0 Å². The molecule has 0 saturated heterocycles. The monoisotopic (exact) mass is 245 g/mol. The molecular weight excluding hydrogens is 230 g/mol. The molecule has 5 heteroatoms. The molecule has 2 N–H and O–H groups in total. The minimum atomic E-state index is -0.197. The minimum absolute atomic E-state index is 0.00226. The summed E-state index contributed by atoms with van der Waals surface area (Å²) in [4.78, 5) is 11.6. The number of rotatable bonds is 4. The van der Waals surface area contributed by atoms with Gasteiger partial charge in [0.25, 0.3) is 0 Å². The van der Waals surface area contributed by atoms with Gasteiger partial charge in [0.15, 0.2) is 6.61 Å². The molecule has 1 aromatic rings. The van der Waals surface area contributed by atoms with Crippen LogP contribution < -0.4 is 15.4 Å². The Hall–Kier alpha value is -2.22. The van der Waals surface area contributed by atoms with E-state index in [0.717, 1.165) is 12.8 Å². The molecule has 18 heavy (non-hydrogen) atoms. The number of urea groups is 1. The van der Waals surface area contributed by atoms with Gasteiger partial charge in [-0.25, -0.2) is 4.79 Å². The number of anilines is 1. The Morgan fingerprint density at radius 3 is 3.00 bits per heavy atom. The molecule has 5 nitrogen and oxygen atoms in total. The van der Waals surface area contributed by atoms with Crippen LogP contribution in [0, 0.1) is 11.3 Å². The van der Waals surface area contributed by atoms with Gasteiger partial charge in [0.05, 0.1) is 0 Å². The summed E-state index contributed by atoms with van der Waals surface area (Å²) in [5, 5.41) is 14.0. The van der Waals surface area contributed by atoms with E-state index in [1.165, 1.54) is 6.42 Å². The van der Waals surface area contributed by atoms with Gasteiger partial charge in [-0.15, -0.1) is 0 Å². The maximum atomic E-state index is 11.6. The van der Waals surface area contributed by atoms with E-state index in [0.29, 0.717) is 17.5 Å². The number of carbonyl (C=O) groups excluding carboxylic acids is 1. The molecule has 0 atom stereocenters. The molecule has 1 fully saturated rings. The third-order valence-electron chi connectivity index (χ3n) is 2.84. The molecule has 0 radical (unpaired) electrons. The fourth-order valence-electron chi connectivity index (χ4n) is 1.68. The lowest BCUT2D eigenvalue weighted by Crippen LogP contribution is -2.41. The molecule has 1 aliphatic rings. The van der Waals surface area contributed by atoms with Crippen LogP contribution in [0.1, 0.15) is 19.3 Å². The van der Waals surface area contributed by atoms with E-state index in [1.807, 2.05) is 6.07 Å². The van der Waals surface area contributed by atoms with Crippen LogP contribution in [-0.4, -0.2) is 18.7 Å². The fourth-order valence-corrected chi connectivity index (χ4v) is 1.68. The van der Waals surface area contributed by atoms with Crippen molar-refractivity contribution in [1.82, 2.24) is 5.32 Å². The van der Waals surface area contributed by atoms with Gasteiger partial charge in [-0.1, -0.05) is 6.07 Å². The molecule has 2 rings (SSSR count). The van der Waals surface area contributed by atoms with E-state index < -0.39 is 0 Å². The molecule has 0 aromatic heterocycles. The van der Waals surface area contributed by atoms with Gasteiger partial charge in [0.2, 0.25) is 0 Å². The van der Waals surface area contributed by atoms with Gasteiger partial charge in [0.1, 0.15) is 11.8 Å². The lowest BCUT2D eigenvalue weighted by molar-refractivity contribution is 0.240. The van der Waals surface area contributed by atoms with Crippen molar-refractivity contribution in [3.05, 3.63) is 24.3 Å². The van der Waals surface area contributed by atoms with Crippen LogP contribution in [0.5, 0.6) is 5.75 Å². The highest BCUT2D eigenvalue weighted by atomic mass is 16.5. The average Bonchev–Trinajstić information content (AvgIpc) is 2.32. The summed E-state index contributed by atoms with van der Waals surface area (Å²) in [5.41, 5.74) is 0.655. The summed E-state index contributed by atoms with van der Waals surface area (Å²) >= 11 is 0. The zero-order valence-corrected chi connectivity index (χ0v) is 9.98. The molecule has 0 bridgehead atoms. The lowest BCUT2D eigenvalue weighted by Gasteiger charge is -2.26. The van der Waals surface area contributed by atoms with Crippen molar-refractivity contribution in [1.29, 1.82) is 5.26 Å². The number of ether oxygens (including phenoxy) is 1. The summed E-state index contributed by atoms with van der Waals surface area (Å²) in [7, 11) is 0. The van der Waals surface area contributed by atoms with Gasteiger partial charge < -0.3 is 15.4 Å². The van der Waals surface area contributed by atoms with Crippen molar-refractivity contribution in [2.45, 2.75) is 25.3 Å². The first-order chi connectivity index (χ1) is 8.78. The standard InChI is InChI=1S/C13H15N3O2/c14-7-8-18-12-6-2-5-11(9-12)16-13(17)15-10-3-1-4-10/h2,5-6,9-10H,1,3-4,8H2,(H2,15,16,17). The van der Waals surface area contributed by atoms with Gasteiger partial charge in [-0.05, 0) is 31.4 Å². The van der Waals surface area contributed by atoms with Crippen LogP contribution in [0.3, 0.4) is 0 Å². The third kappa shape index (κ3) is 3.39. The lowest BCUT2D eigenvalue weighted by atomic mass is 9.93. The first-order valence-corrected chi connectivity index (χ1v) is 5.95.